The number of alkyl halides is 3. The summed E-state index contributed by atoms with van der Waals surface area (Å²) in [4.78, 5) is 2.41. The molecule has 0 aromatic heterocycles. The number of morpholine rings is 1. The van der Waals surface area contributed by atoms with Gasteiger partial charge in [0.05, 0.1) is 12.7 Å². The lowest BCUT2D eigenvalue weighted by Gasteiger charge is -2.32. The highest BCUT2D eigenvalue weighted by molar-refractivity contribution is 8.00. The van der Waals surface area contributed by atoms with Gasteiger partial charge in [0.25, 0.3) is 0 Å². The van der Waals surface area contributed by atoms with Crippen LogP contribution in [0.5, 0.6) is 0 Å². The molecule has 1 aliphatic heterocycles. The third kappa shape index (κ3) is 4.97. The van der Waals surface area contributed by atoms with E-state index in [0.29, 0.717) is 19.7 Å². The van der Waals surface area contributed by atoms with E-state index in [4.69, 9.17) is 10.5 Å². The second-order valence-electron chi connectivity index (χ2n) is 4.66. The zero-order valence-electron chi connectivity index (χ0n) is 10.9. The van der Waals surface area contributed by atoms with Crippen molar-refractivity contribution >= 4 is 11.8 Å². The molecular weight excluding hydrogens is 289 g/mol. The topological polar surface area (TPSA) is 38.5 Å². The molecule has 1 aromatic carbocycles. The zero-order chi connectivity index (χ0) is 14.6. The van der Waals surface area contributed by atoms with Gasteiger partial charge in [-0.25, -0.2) is 0 Å². The van der Waals surface area contributed by atoms with E-state index in [-0.39, 0.29) is 22.8 Å². The van der Waals surface area contributed by atoms with Gasteiger partial charge in [-0.15, -0.1) is 0 Å². The molecular formula is C13H17F3N2OS. The van der Waals surface area contributed by atoms with Gasteiger partial charge in [-0.3, -0.25) is 4.90 Å². The summed E-state index contributed by atoms with van der Waals surface area (Å²) >= 11 is -0.0906. The van der Waals surface area contributed by atoms with Crippen molar-refractivity contribution < 1.29 is 17.9 Å². The number of halogens is 3. The lowest BCUT2D eigenvalue weighted by atomic mass is 10.2. The van der Waals surface area contributed by atoms with Gasteiger partial charge in [-0.1, -0.05) is 12.1 Å². The second kappa shape index (κ2) is 6.80. The Morgan fingerprint density at radius 3 is 2.60 bits per heavy atom. The highest BCUT2D eigenvalue weighted by Crippen LogP contribution is 2.36. The third-order valence-corrected chi connectivity index (χ3v) is 3.79. The Morgan fingerprint density at radius 2 is 2.00 bits per heavy atom. The minimum absolute atomic E-state index is 0.0452. The fourth-order valence-corrected chi connectivity index (χ4v) is 2.66. The van der Waals surface area contributed by atoms with Crippen molar-refractivity contribution in [2.45, 2.75) is 23.1 Å². The molecule has 2 rings (SSSR count). The average molecular weight is 306 g/mol. The van der Waals surface area contributed by atoms with Crippen LogP contribution in [0.2, 0.25) is 0 Å². The molecule has 0 aliphatic carbocycles. The summed E-state index contributed by atoms with van der Waals surface area (Å²) in [5.41, 5.74) is 2.34. The molecule has 1 aromatic rings. The number of benzene rings is 1. The third-order valence-electron chi connectivity index (χ3n) is 3.05. The summed E-state index contributed by atoms with van der Waals surface area (Å²) < 4.78 is 42.2. The summed E-state index contributed by atoms with van der Waals surface area (Å²) in [5.74, 6) is 0. The van der Waals surface area contributed by atoms with Crippen LogP contribution in [0.1, 0.15) is 5.56 Å². The van der Waals surface area contributed by atoms with E-state index in [2.05, 4.69) is 4.90 Å². The highest BCUT2D eigenvalue weighted by atomic mass is 32.2. The molecule has 1 atom stereocenters. The van der Waals surface area contributed by atoms with Crippen LogP contribution in [0.15, 0.2) is 29.2 Å². The van der Waals surface area contributed by atoms with Gasteiger partial charge in [0.15, 0.2) is 0 Å². The number of ether oxygens (including phenoxy) is 1. The van der Waals surface area contributed by atoms with Crippen molar-refractivity contribution in [1.29, 1.82) is 0 Å². The van der Waals surface area contributed by atoms with E-state index in [1.165, 1.54) is 12.1 Å². The largest absolute Gasteiger partial charge is 0.446 e. The Kier molecular flexibility index (Phi) is 5.31. The Balaban J connectivity index is 1.90. The van der Waals surface area contributed by atoms with Gasteiger partial charge in [0.1, 0.15) is 0 Å². The van der Waals surface area contributed by atoms with E-state index in [9.17, 15) is 13.2 Å². The molecule has 1 fully saturated rings. The van der Waals surface area contributed by atoms with E-state index in [1.54, 1.807) is 12.1 Å². The first-order valence-corrected chi connectivity index (χ1v) is 7.16. The lowest BCUT2D eigenvalue weighted by molar-refractivity contribution is -0.0328. The average Bonchev–Trinajstić information content (AvgIpc) is 2.40. The molecule has 0 radical (unpaired) electrons. The first kappa shape index (κ1) is 15.6. The molecule has 2 N–H and O–H groups in total. The van der Waals surface area contributed by atoms with E-state index < -0.39 is 5.51 Å². The number of rotatable bonds is 4. The van der Waals surface area contributed by atoms with Gasteiger partial charge < -0.3 is 10.5 Å². The minimum Gasteiger partial charge on any atom is -0.374 e. The van der Waals surface area contributed by atoms with Crippen molar-refractivity contribution in [3.63, 3.8) is 0 Å². The molecule has 0 saturated carbocycles. The van der Waals surface area contributed by atoms with Gasteiger partial charge in [-0.2, -0.15) is 13.2 Å². The maximum Gasteiger partial charge on any atom is 0.446 e. The van der Waals surface area contributed by atoms with Crippen LogP contribution in [0.3, 0.4) is 0 Å². The molecule has 3 nitrogen and oxygen atoms in total. The molecule has 1 saturated heterocycles. The summed E-state index contributed by atoms with van der Waals surface area (Å²) in [5, 5.41) is 0. The maximum absolute atomic E-state index is 12.2. The number of nitrogens with two attached hydrogens (primary N) is 1. The summed E-state index contributed by atoms with van der Waals surface area (Å²) in [6.45, 7) is 3.41. The number of nitrogens with zero attached hydrogens (tertiary/aromatic N) is 1. The lowest BCUT2D eigenvalue weighted by Crippen LogP contribution is -2.45. The predicted molar refractivity (Wildman–Crippen MR) is 72.4 cm³/mol. The van der Waals surface area contributed by atoms with E-state index >= 15 is 0 Å². The number of hydrogen-bond donors (Lipinski definition) is 1. The van der Waals surface area contributed by atoms with Crippen LogP contribution in [0.4, 0.5) is 13.2 Å². The predicted octanol–water partition coefficient (Wildman–Crippen LogP) is 2.46. The summed E-state index contributed by atoms with van der Waals surface area (Å²) in [6.07, 6.45) is 0.0452. The zero-order valence-corrected chi connectivity index (χ0v) is 11.7. The quantitative estimate of drug-likeness (QED) is 0.867. The molecule has 112 valence electrons. The van der Waals surface area contributed by atoms with Crippen molar-refractivity contribution in [1.82, 2.24) is 4.90 Å². The summed E-state index contributed by atoms with van der Waals surface area (Å²) in [6, 6.07) is 6.49. The number of thioether (sulfide) groups is 1. The van der Waals surface area contributed by atoms with E-state index in [0.717, 1.165) is 18.7 Å². The SMILES string of the molecule is NCC1CN(Cc2ccc(SC(F)(F)F)cc2)CCO1. The first-order valence-electron chi connectivity index (χ1n) is 6.35. The van der Waals surface area contributed by atoms with Crippen molar-refractivity contribution in [2.75, 3.05) is 26.2 Å². The van der Waals surface area contributed by atoms with Crippen molar-refractivity contribution in [2.24, 2.45) is 5.73 Å². The van der Waals surface area contributed by atoms with Crippen LogP contribution in [0.25, 0.3) is 0 Å². The van der Waals surface area contributed by atoms with Crippen molar-refractivity contribution in [3.05, 3.63) is 29.8 Å². The molecule has 1 aliphatic rings. The Hall–Kier alpha value is -0.760. The molecule has 0 amide bonds. The Bertz CT molecular complexity index is 425. The van der Waals surface area contributed by atoms with E-state index in [1.807, 2.05) is 0 Å². The van der Waals surface area contributed by atoms with Gasteiger partial charge >= 0.3 is 5.51 Å². The van der Waals surface area contributed by atoms with Crippen LogP contribution in [0, 0.1) is 0 Å². The fourth-order valence-electron chi connectivity index (χ4n) is 2.12. The smallest absolute Gasteiger partial charge is 0.374 e. The molecule has 20 heavy (non-hydrogen) atoms. The molecule has 0 spiro atoms. The molecule has 7 heteroatoms. The molecule has 1 unspecified atom stereocenters. The highest BCUT2D eigenvalue weighted by Gasteiger charge is 2.29. The first-order chi connectivity index (χ1) is 9.46. The van der Waals surface area contributed by atoms with Crippen LogP contribution >= 0.6 is 11.8 Å². The van der Waals surface area contributed by atoms with Crippen molar-refractivity contribution in [3.8, 4) is 0 Å². The molecule has 0 bridgehead atoms. The Morgan fingerprint density at radius 1 is 1.30 bits per heavy atom. The Labute approximate surface area is 120 Å². The fraction of sp³-hybridized carbons (Fsp3) is 0.538. The van der Waals surface area contributed by atoms with Crippen LogP contribution in [-0.2, 0) is 11.3 Å². The van der Waals surface area contributed by atoms with Crippen LogP contribution < -0.4 is 5.73 Å². The standard InChI is InChI=1S/C13H17F3N2OS/c14-13(15,16)20-12-3-1-10(2-4-12)8-18-5-6-19-11(7-17)9-18/h1-4,11H,5-9,17H2. The maximum atomic E-state index is 12.2. The van der Waals surface area contributed by atoms with Gasteiger partial charge in [0.2, 0.25) is 0 Å². The summed E-state index contributed by atoms with van der Waals surface area (Å²) in [7, 11) is 0. The minimum atomic E-state index is -4.24. The van der Waals surface area contributed by atoms with Gasteiger partial charge in [-0.05, 0) is 29.5 Å². The second-order valence-corrected chi connectivity index (χ2v) is 5.79. The van der Waals surface area contributed by atoms with Gasteiger partial charge in [0, 0.05) is 31.1 Å². The monoisotopic (exact) mass is 306 g/mol. The number of hydrogen-bond acceptors (Lipinski definition) is 4. The molecule has 1 heterocycles. The van der Waals surface area contributed by atoms with Crippen LogP contribution in [-0.4, -0.2) is 42.8 Å². The normalized spacial score (nSPS) is 21.1.